The van der Waals surface area contributed by atoms with Gasteiger partial charge in [0.15, 0.2) is 11.5 Å². The molecule has 2 heterocycles. The van der Waals surface area contributed by atoms with Gasteiger partial charge in [0.2, 0.25) is 6.10 Å². The summed E-state index contributed by atoms with van der Waals surface area (Å²) in [6, 6.07) is 16.5. The molecule has 0 spiro atoms. The van der Waals surface area contributed by atoms with Crippen LogP contribution in [0.4, 0.5) is 0 Å². The van der Waals surface area contributed by atoms with Crippen molar-refractivity contribution in [2.75, 3.05) is 13.2 Å². The highest BCUT2D eigenvalue weighted by atomic mass is 16.6. The molecule has 0 aliphatic carbocycles. The highest BCUT2D eigenvalue weighted by Gasteiger charge is 2.32. The number of ether oxygens (including phenoxy) is 2. The standard InChI is InChI=1S/C20H19NO5/c1-20(23,18-10-13-6-2-3-7-14(13)26-18)12-21-19(22)17-11-24-15-8-4-5-9-16(15)25-17/h2-10,17,23H,11-12H2,1H3,(H,21,22)/t17-,20-/m0/s1. The average Bonchev–Trinajstić information content (AvgIpc) is 3.11. The van der Waals surface area contributed by atoms with E-state index in [0.29, 0.717) is 22.8 Å². The lowest BCUT2D eigenvalue weighted by Gasteiger charge is -2.27. The lowest BCUT2D eigenvalue weighted by molar-refractivity contribution is -0.131. The van der Waals surface area contributed by atoms with E-state index in [9.17, 15) is 9.90 Å². The number of amides is 1. The third kappa shape index (κ3) is 3.11. The van der Waals surface area contributed by atoms with Gasteiger partial charge in [-0.25, -0.2) is 0 Å². The molecule has 0 radical (unpaired) electrons. The van der Waals surface area contributed by atoms with Gasteiger partial charge in [0.1, 0.15) is 23.6 Å². The van der Waals surface area contributed by atoms with Crippen LogP contribution in [0, 0.1) is 0 Å². The predicted molar refractivity (Wildman–Crippen MR) is 95.1 cm³/mol. The van der Waals surface area contributed by atoms with E-state index in [1.807, 2.05) is 36.4 Å². The van der Waals surface area contributed by atoms with Crippen LogP contribution in [0.5, 0.6) is 11.5 Å². The van der Waals surface area contributed by atoms with Crippen molar-refractivity contribution >= 4 is 16.9 Å². The first kappa shape index (κ1) is 16.5. The fourth-order valence-electron chi connectivity index (χ4n) is 2.86. The highest BCUT2D eigenvalue weighted by molar-refractivity contribution is 5.82. The van der Waals surface area contributed by atoms with E-state index < -0.39 is 11.7 Å². The minimum absolute atomic E-state index is 0.00678. The first-order valence-electron chi connectivity index (χ1n) is 8.40. The van der Waals surface area contributed by atoms with Crippen molar-refractivity contribution in [3.05, 3.63) is 60.4 Å². The first-order valence-corrected chi connectivity index (χ1v) is 8.40. The molecule has 1 amide bonds. The molecule has 0 saturated carbocycles. The van der Waals surface area contributed by atoms with Gasteiger partial charge in [0.25, 0.3) is 5.91 Å². The minimum atomic E-state index is -1.35. The second kappa shape index (κ2) is 6.38. The number of para-hydroxylation sites is 3. The van der Waals surface area contributed by atoms with Crippen LogP contribution in [0.1, 0.15) is 12.7 Å². The molecule has 6 nitrogen and oxygen atoms in total. The quantitative estimate of drug-likeness (QED) is 0.754. The molecular formula is C20H19NO5. The third-order valence-electron chi connectivity index (χ3n) is 4.36. The maximum absolute atomic E-state index is 12.4. The molecule has 26 heavy (non-hydrogen) atoms. The summed E-state index contributed by atoms with van der Waals surface area (Å²) in [5, 5.41) is 14.3. The molecule has 0 bridgehead atoms. The van der Waals surface area contributed by atoms with Crippen molar-refractivity contribution in [3.8, 4) is 11.5 Å². The van der Waals surface area contributed by atoms with Crippen LogP contribution in [0.3, 0.4) is 0 Å². The Morgan fingerprint density at radius 2 is 1.92 bits per heavy atom. The Morgan fingerprint density at radius 3 is 2.73 bits per heavy atom. The molecular weight excluding hydrogens is 334 g/mol. The van der Waals surface area contributed by atoms with E-state index in [-0.39, 0.29) is 19.1 Å². The van der Waals surface area contributed by atoms with Gasteiger partial charge in [-0.1, -0.05) is 30.3 Å². The van der Waals surface area contributed by atoms with Crippen molar-refractivity contribution in [2.24, 2.45) is 0 Å². The van der Waals surface area contributed by atoms with Crippen LogP contribution in [-0.2, 0) is 10.4 Å². The van der Waals surface area contributed by atoms with Crippen LogP contribution in [0.2, 0.25) is 0 Å². The monoisotopic (exact) mass is 353 g/mol. The number of hydrogen-bond acceptors (Lipinski definition) is 5. The zero-order valence-corrected chi connectivity index (χ0v) is 14.3. The number of rotatable bonds is 4. The largest absolute Gasteiger partial charge is 0.485 e. The summed E-state index contributed by atoms with van der Waals surface area (Å²) in [6.07, 6.45) is -0.767. The van der Waals surface area contributed by atoms with E-state index in [1.165, 1.54) is 0 Å². The molecule has 1 aliphatic rings. The fraction of sp³-hybridized carbons (Fsp3) is 0.250. The molecule has 2 N–H and O–H groups in total. The van der Waals surface area contributed by atoms with Crippen LogP contribution < -0.4 is 14.8 Å². The molecule has 6 heteroatoms. The van der Waals surface area contributed by atoms with Gasteiger partial charge >= 0.3 is 0 Å². The van der Waals surface area contributed by atoms with Gasteiger partial charge in [-0.3, -0.25) is 4.79 Å². The number of benzene rings is 2. The van der Waals surface area contributed by atoms with Gasteiger partial charge in [0, 0.05) is 5.39 Å². The zero-order chi connectivity index (χ0) is 18.1. The van der Waals surface area contributed by atoms with Crippen LogP contribution >= 0.6 is 0 Å². The van der Waals surface area contributed by atoms with Crippen molar-refractivity contribution in [1.82, 2.24) is 5.32 Å². The zero-order valence-electron chi connectivity index (χ0n) is 14.3. The number of hydrogen-bond donors (Lipinski definition) is 2. The van der Waals surface area contributed by atoms with Gasteiger partial charge in [0.05, 0.1) is 6.54 Å². The minimum Gasteiger partial charge on any atom is -0.485 e. The normalized spacial score (nSPS) is 18.3. The summed E-state index contributed by atoms with van der Waals surface area (Å²) in [5.41, 5.74) is -0.656. The summed E-state index contributed by atoms with van der Waals surface area (Å²) in [7, 11) is 0. The molecule has 1 aromatic heterocycles. The SMILES string of the molecule is C[C@](O)(CNC(=O)[C@@H]1COc2ccccc2O1)c1cc2ccccc2o1. The molecule has 0 unspecified atom stereocenters. The molecule has 1 aliphatic heterocycles. The Balaban J connectivity index is 1.42. The number of carbonyl (C=O) groups excluding carboxylic acids is 1. The molecule has 134 valence electrons. The van der Waals surface area contributed by atoms with E-state index in [4.69, 9.17) is 13.9 Å². The Bertz CT molecular complexity index is 913. The van der Waals surface area contributed by atoms with Gasteiger partial charge in [-0.15, -0.1) is 0 Å². The van der Waals surface area contributed by atoms with Crippen LogP contribution in [0.15, 0.2) is 59.0 Å². The maximum atomic E-state index is 12.4. The lowest BCUT2D eigenvalue weighted by Crippen LogP contribution is -2.47. The Hall–Kier alpha value is -2.99. The van der Waals surface area contributed by atoms with Crippen molar-refractivity contribution in [1.29, 1.82) is 0 Å². The molecule has 2 aromatic carbocycles. The van der Waals surface area contributed by atoms with Crippen molar-refractivity contribution in [3.63, 3.8) is 0 Å². The molecule has 3 aromatic rings. The van der Waals surface area contributed by atoms with E-state index in [0.717, 1.165) is 5.39 Å². The number of furan rings is 1. The van der Waals surface area contributed by atoms with Gasteiger partial charge in [-0.2, -0.15) is 0 Å². The van der Waals surface area contributed by atoms with E-state index in [1.54, 1.807) is 25.1 Å². The summed E-state index contributed by atoms with van der Waals surface area (Å²) >= 11 is 0. The number of carbonyl (C=O) groups is 1. The van der Waals surface area contributed by atoms with Gasteiger partial charge < -0.3 is 24.3 Å². The van der Waals surface area contributed by atoms with Crippen LogP contribution in [0.25, 0.3) is 11.0 Å². The second-order valence-corrected chi connectivity index (χ2v) is 6.50. The Labute approximate surface area is 150 Å². The maximum Gasteiger partial charge on any atom is 0.264 e. The van der Waals surface area contributed by atoms with Crippen molar-refractivity contribution in [2.45, 2.75) is 18.6 Å². The Kier molecular flexibility index (Phi) is 4.05. The summed E-state index contributed by atoms with van der Waals surface area (Å²) in [4.78, 5) is 12.4. The number of nitrogens with one attached hydrogen (secondary N) is 1. The Morgan fingerprint density at radius 1 is 1.19 bits per heavy atom. The topological polar surface area (TPSA) is 80.9 Å². The smallest absolute Gasteiger partial charge is 0.264 e. The van der Waals surface area contributed by atoms with Crippen molar-refractivity contribution < 1.29 is 23.8 Å². The number of fused-ring (bicyclic) bond motifs is 2. The molecule has 2 atom stereocenters. The van der Waals surface area contributed by atoms with Crippen LogP contribution in [-0.4, -0.2) is 30.3 Å². The summed E-state index contributed by atoms with van der Waals surface area (Å²) < 4.78 is 16.9. The summed E-state index contributed by atoms with van der Waals surface area (Å²) in [6.45, 7) is 1.71. The molecule has 0 saturated heterocycles. The lowest BCUT2D eigenvalue weighted by atomic mass is 10.0. The average molecular weight is 353 g/mol. The molecule has 0 fully saturated rings. The summed E-state index contributed by atoms with van der Waals surface area (Å²) in [5.74, 6) is 1.19. The second-order valence-electron chi connectivity index (χ2n) is 6.50. The van der Waals surface area contributed by atoms with E-state index >= 15 is 0 Å². The highest BCUT2D eigenvalue weighted by Crippen LogP contribution is 2.31. The molecule has 4 rings (SSSR count). The number of aliphatic hydroxyl groups is 1. The fourth-order valence-corrected chi connectivity index (χ4v) is 2.86. The van der Waals surface area contributed by atoms with Gasteiger partial charge in [-0.05, 0) is 31.2 Å². The first-order chi connectivity index (χ1) is 12.5. The third-order valence-corrected chi connectivity index (χ3v) is 4.36. The predicted octanol–water partition coefficient (Wildman–Crippen LogP) is 2.60. The van der Waals surface area contributed by atoms with E-state index in [2.05, 4.69) is 5.32 Å².